The van der Waals surface area contributed by atoms with Crippen LogP contribution in [0.15, 0.2) is 9.59 Å². The van der Waals surface area contributed by atoms with E-state index in [0.717, 1.165) is 11.1 Å². The van der Waals surface area contributed by atoms with Crippen molar-refractivity contribution in [1.82, 2.24) is 14.3 Å². The maximum absolute atomic E-state index is 11.8. The Morgan fingerprint density at radius 3 is 2.83 bits per heavy atom. The van der Waals surface area contributed by atoms with E-state index in [1.54, 1.807) is 7.05 Å². The molecule has 2 heterocycles. The molecule has 0 bridgehead atoms. The zero-order valence-electron chi connectivity index (χ0n) is 10.7. The van der Waals surface area contributed by atoms with Gasteiger partial charge in [0.25, 0.3) is 5.56 Å². The first kappa shape index (κ1) is 13.2. The first-order valence-corrected chi connectivity index (χ1v) is 7.14. The van der Waals surface area contributed by atoms with Gasteiger partial charge in [0.15, 0.2) is 0 Å². The number of hydrogen-bond acceptors (Lipinski definition) is 5. The SMILES string of the molecule is Cn1nc(NCC2CCCCS2)c(=O)n(C)c1=O. The van der Waals surface area contributed by atoms with Gasteiger partial charge in [-0.25, -0.2) is 9.48 Å². The van der Waals surface area contributed by atoms with Crippen molar-refractivity contribution < 1.29 is 0 Å². The number of nitrogens with one attached hydrogen (secondary N) is 1. The monoisotopic (exact) mass is 270 g/mol. The molecule has 1 aromatic rings. The molecule has 100 valence electrons. The van der Waals surface area contributed by atoms with Crippen LogP contribution in [0.25, 0.3) is 0 Å². The van der Waals surface area contributed by atoms with Gasteiger partial charge in [0.1, 0.15) is 0 Å². The molecule has 0 spiro atoms. The van der Waals surface area contributed by atoms with Gasteiger partial charge in [0, 0.05) is 25.9 Å². The van der Waals surface area contributed by atoms with E-state index in [-0.39, 0.29) is 11.4 Å². The predicted octanol–water partition coefficient (Wildman–Crippen LogP) is 0.177. The average Bonchev–Trinajstić information content (AvgIpc) is 2.40. The molecule has 18 heavy (non-hydrogen) atoms. The topological polar surface area (TPSA) is 68.9 Å². The van der Waals surface area contributed by atoms with E-state index in [9.17, 15) is 9.59 Å². The zero-order chi connectivity index (χ0) is 13.1. The lowest BCUT2D eigenvalue weighted by Gasteiger charge is -2.21. The van der Waals surface area contributed by atoms with Gasteiger partial charge < -0.3 is 5.32 Å². The minimum Gasteiger partial charge on any atom is -0.363 e. The van der Waals surface area contributed by atoms with E-state index in [0.29, 0.717) is 5.25 Å². The van der Waals surface area contributed by atoms with Crippen LogP contribution in [0, 0.1) is 0 Å². The molecule has 6 nitrogen and oxygen atoms in total. The smallest absolute Gasteiger partial charge is 0.346 e. The zero-order valence-corrected chi connectivity index (χ0v) is 11.5. The molecule has 1 aliphatic rings. The van der Waals surface area contributed by atoms with Crippen molar-refractivity contribution in [3.63, 3.8) is 0 Å². The van der Waals surface area contributed by atoms with Crippen molar-refractivity contribution in [1.29, 1.82) is 0 Å². The van der Waals surface area contributed by atoms with Crippen LogP contribution in [-0.2, 0) is 14.1 Å². The Morgan fingerprint density at radius 2 is 2.17 bits per heavy atom. The molecular weight excluding hydrogens is 252 g/mol. The summed E-state index contributed by atoms with van der Waals surface area (Å²) in [5, 5.41) is 7.56. The van der Waals surface area contributed by atoms with Crippen LogP contribution >= 0.6 is 11.8 Å². The number of anilines is 1. The second-order valence-electron chi connectivity index (χ2n) is 4.49. The van der Waals surface area contributed by atoms with Gasteiger partial charge in [-0.15, -0.1) is 5.10 Å². The Labute approximate surface area is 109 Å². The Kier molecular flexibility index (Phi) is 4.11. The third kappa shape index (κ3) is 2.77. The quantitative estimate of drug-likeness (QED) is 0.848. The molecule has 1 fully saturated rings. The fourth-order valence-corrected chi connectivity index (χ4v) is 3.23. The van der Waals surface area contributed by atoms with E-state index < -0.39 is 5.69 Å². The molecule has 2 rings (SSSR count). The van der Waals surface area contributed by atoms with Crippen LogP contribution in [0.5, 0.6) is 0 Å². The van der Waals surface area contributed by atoms with Gasteiger partial charge in [-0.05, 0) is 18.6 Å². The van der Waals surface area contributed by atoms with Crippen molar-refractivity contribution in [3.05, 3.63) is 20.8 Å². The molecule has 1 unspecified atom stereocenters. The molecule has 1 N–H and O–H groups in total. The van der Waals surface area contributed by atoms with Crippen molar-refractivity contribution in [2.45, 2.75) is 24.5 Å². The molecule has 1 aromatic heterocycles. The summed E-state index contributed by atoms with van der Waals surface area (Å²) in [6.07, 6.45) is 3.70. The Hall–Kier alpha value is -1.24. The summed E-state index contributed by atoms with van der Waals surface area (Å²) in [5.74, 6) is 1.44. The molecule has 1 aliphatic heterocycles. The highest BCUT2D eigenvalue weighted by Crippen LogP contribution is 2.24. The lowest BCUT2D eigenvalue weighted by atomic mass is 10.2. The van der Waals surface area contributed by atoms with Crippen molar-refractivity contribution >= 4 is 17.6 Å². The van der Waals surface area contributed by atoms with E-state index in [2.05, 4.69) is 10.4 Å². The molecule has 0 radical (unpaired) electrons. The van der Waals surface area contributed by atoms with Gasteiger partial charge in [-0.3, -0.25) is 9.36 Å². The molecule has 0 amide bonds. The molecule has 0 aliphatic carbocycles. The van der Waals surface area contributed by atoms with Crippen LogP contribution in [0.3, 0.4) is 0 Å². The highest BCUT2D eigenvalue weighted by molar-refractivity contribution is 7.99. The van der Waals surface area contributed by atoms with Crippen LogP contribution in [0.1, 0.15) is 19.3 Å². The minimum absolute atomic E-state index is 0.255. The second-order valence-corrected chi connectivity index (χ2v) is 5.90. The fraction of sp³-hybridized carbons (Fsp3) is 0.727. The van der Waals surface area contributed by atoms with Crippen molar-refractivity contribution in [2.75, 3.05) is 17.6 Å². The molecule has 1 atom stereocenters. The predicted molar refractivity (Wildman–Crippen MR) is 73.3 cm³/mol. The molecule has 1 saturated heterocycles. The summed E-state index contributed by atoms with van der Waals surface area (Å²) < 4.78 is 2.25. The molecule has 7 heteroatoms. The Balaban J connectivity index is 2.10. The fourth-order valence-electron chi connectivity index (χ4n) is 1.99. The summed E-state index contributed by atoms with van der Waals surface area (Å²) in [6, 6.07) is 0. The highest BCUT2D eigenvalue weighted by atomic mass is 32.2. The number of thioether (sulfide) groups is 1. The van der Waals surface area contributed by atoms with Gasteiger partial charge >= 0.3 is 5.69 Å². The number of hydrogen-bond donors (Lipinski definition) is 1. The van der Waals surface area contributed by atoms with Crippen molar-refractivity contribution in [2.24, 2.45) is 14.1 Å². The normalized spacial score (nSPS) is 19.8. The Morgan fingerprint density at radius 1 is 1.39 bits per heavy atom. The summed E-state index contributed by atoms with van der Waals surface area (Å²) in [6.45, 7) is 0.727. The number of nitrogens with zero attached hydrogens (tertiary/aromatic N) is 3. The van der Waals surface area contributed by atoms with Gasteiger partial charge in [-0.1, -0.05) is 6.42 Å². The number of aryl methyl sites for hydroxylation is 1. The first-order chi connectivity index (χ1) is 8.59. The molecular formula is C11H18N4O2S. The maximum atomic E-state index is 11.8. The molecule has 0 aromatic carbocycles. The summed E-state index contributed by atoms with van der Waals surface area (Å²) in [5.41, 5.74) is -0.767. The lowest BCUT2D eigenvalue weighted by molar-refractivity contribution is 0.602. The lowest BCUT2D eigenvalue weighted by Crippen LogP contribution is -2.40. The van der Waals surface area contributed by atoms with Crippen LogP contribution in [0.4, 0.5) is 5.82 Å². The van der Waals surface area contributed by atoms with Gasteiger partial charge in [0.2, 0.25) is 5.82 Å². The van der Waals surface area contributed by atoms with Gasteiger partial charge in [-0.2, -0.15) is 11.8 Å². The number of aromatic nitrogens is 3. The third-order valence-electron chi connectivity index (χ3n) is 3.09. The second kappa shape index (κ2) is 5.60. The standard InChI is InChI=1S/C11H18N4O2S/c1-14-10(16)9(13-15(2)11(14)17)12-7-8-5-3-4-6-18-8/h8H,3-7H2,1-2H3,(H,12,13). The van der Waals surface area contributed by atoms with Crippen LogP contribution in [-0.4, -0.2) is 31.9 Å². The van der Waals surface area contributed by atoms with E-state index in [1.165, 1.54) is 36.7 Å². The third-order valence-corrected chi connectivity index (χ3v) is 4.49. The summed E-state index contributed by atoms with van der Waals surface area (Å²) in [4.78, 5) is 23.3. The van der Waals surface area contributed by atoms with Gasteiger partial charge in [0.05, 0.1) is 0 Å². The van der Waals surface area contributed by atoms with E-state index in [1.807, 2.05) is 11.8 Å². The first-order valence-electron chi connectivity index (χ1n) is 6.09. The highest BCUT2D eigenvalue weighted by Gasteiger charge is 2.15. The number of rotatable bonds is 3. The van der Waals surface area contributed by atoms with E-state index >= 15 is 0 Å². The summed E-state index contributed by atoms with van der Waals surface area (Å²) >= 11 is 1.93. The average molecular weight is 270 g/mol. The molecule has 0 saturated carbocycles. The minimum atomic E-state index is -0.405. The van der Waals surface area contributed by atoms with E-state index in [4.69, 9.17) is 0 Å². The largest absolute Gasteiger partial charge is 0.363 e. The van der Waals surface area contributed by atoms with Crippen LogP contribution in [0.2, 0.25) is 0 Å². The maximum Gasteiger partial charge on any atom is 0.346 e. The van der Waals surface area contributed by atoms with Crippen molar-refractivity contribution in [3.8, 4) is 0 Å². The Bertz CT molecular complexity index is 531. The summed E-state index contributed by atoms with van der Waals surface area (Å²) in [7, 11) is 3.01. The van der Waals surface area contributed by atoms with Crippen LogP contribution < -0.4 is 16.6 Å².